The summed E-state index contributed by atoms with van der Waals surface area (Å²) in [6.45, 7) is 0. The third-order valence-corrected chi connectivity index (χ3v) is 6.94. The van der Waals surface area contributed by atoms with Crippen molar-refractivity contribution in [3.63, 3.8) is 0 Å². The number of aliphatic carboxylic acids is 1. The fourth-order valence-corrected chi connectivity index (χ4v) is 5.23. The molecule has 5 rings (SSSR count). The van der Waals surface area contributed by atoms with Gasteiger partial charge in [-0.25, -0.2) is 0 Å². The van der Waals surface area contributed by atoms with Crippen molar-refractivity contribution < 1.29 is 29.1 Å². The third-order valence-electron chi connectivity index (χ3n) is 6.94. The van der Waals surface area contributed by atoms with Crippen LogP contribution in [0.5, 0.6) is 0 Å². The Morgan fingerprint density at radius 2 is 1.76 bits per heavy atom. The molecule has 9 heteroatoms. The van der Waals surface area contributed by atoms with E-state index in [1.165, 1.54) is 4.90 Å². The Morgan fingerprint density at radius 3 is 2.54 bits per heavy atom. The van der Waals surface area contributed by atoms with E-state index in [1.54, 1.807) is 12.1 Å². The SMILES string of the molecule is O=C[C@H](CC(=O)O)NC(=O)[C@@H]1Cc2cccc3c2N1C(=O)[C@@H](NC(=O)c1cccc2ccccc12)CC3. The molecule has 0 aromatic heterocycles. The number of carboxylic acids is 1. The Morgan fingerprint density at radius 1 is 1.03 bits per heavy atom. The van der Waals surface area contributed by atoms with Crippen molar-refractivity contribution in [2.24, 2.45) is 0 Å². The number of para-hydroxylation sites is 1. The molecule has 0 unspecified atom stereocenters. The van der Waals surface area contributed by atoms with Gasteiger partial charge < -0.3 is 20.5 Å². The van der Waals surface area contributed by atoms with Gasteiger partial charge in [0.1, 0.15) is 18.4 Å². The van der Waals surface area contributed by atoms with E-state index in [2.05, 4.69) is 10.6 Å². The van der Waals surface area contributed by atoms with Crippen LogP contribution in [0, 0.1) is 0 Å². The van der Waals surface area contributed by atoms with Gasteiger partial charge in [-0.15, -0.1) is 0 Å². The van der Waals surface area contributed by atoms with Crippen LogP contribution in [0.1, 0.15) is 34.3 Å². The van der Waals surface area contributed by atoms with E-state index >= 15 is 0 Å². The maximum Gasteiger partial charge on any atom is 0.305 e. The molecule has 37 heavy (non-hydrogen) atoms. The number of hydrogen-bond acceptors (Lipinski definition) is 5. The lowest BCUT2D eigenvalue weighted by atomic mass is 10.0. The first-order valence-electron chi connectivity index (χ1n) is 12.1. The van der Waals surface area contributed by atoms with Gasteiger partial charge in [0, 0.05) is 12.0 Å². The number of carboxylic acid groups (broad SMARTS) is 1. The second-order valence-corrected chi connectivity index (χ2v) is 9.29. The maximum absolute atomic E-state index is 13.8. The molecular weight excluding hydrogens is 474 g/mol. The van der Waals surface area contributed by atoms with Crippen molar-refractivity contribution in [3.8, 4) is 0 Å². The highest BCUT2D eigenvalue weighted by molar-refractivity contribution is 6.11. The molecule has 2 aliphatic heterocycles. The van der Waals surface area contributed by atoms with Crippen molar-refractivity contribution in [3.05, 3.63) is 77.4 Å². The topological polar surface area (TPSA) is 133 Å². The average Bonchev–Trinajstić information content (AvgIpc) is 3.23. The van der Waals surface area contributed by atoms with E-state index in [1.807, 2.05) is 48.5 Å². The van der Waals surface area contributed by atoms with Gasteiger partial charge in [0.2, 0.25) is 11.8 Å². The van der Waals surface area contributed by atoms with E-state index < -0.39 is 42.3 Å². The molecule has 2 aliphatic rings. The normalized spacial score (nSPS) is 19.0. The molecule has 3 aromatic carbocycles. The van der Waals surface area contributed by atoms with E-state index in [0.29, 0.717) is 30.4 Å². The first-order valence-corrected chi connectivity index (χ1v) is 12.1. The number of carbonyl (C=O) groups excluding carboxylic acids is 4. The fourth-order valence-electron chi connectivity index (χ4n) is 5.23. The molecule has 3 N–H and O–H groups in total. The van der Waals surface area contributed by atoms with Gasteiger partial charge in [-0.05, 0) is 40.8 Å². The van der Waals surface area contributed by atoms with Crippen LogP contribution in [0.25, 0.3) is 10.8 Å². The lowest BCUT2D eigenvalue weighted by Crippen LogP contribution is -2.55. The molecule has 0 radical (unpaired) electrons. The molecule has 9 nitrogen and oxygen atoms in total. The second kappa shape index (κ2) is 9.85. The summed E-state index contributed by atoms with van der Waals surface area (Å²) in [4.78, 5) is 64.1. The minimum Gasteiger partial charge on any atom is -0.481 e. The van der Waals surface area contributed by atoms with Gasteiger partial charge in [0.25, 0.3) is 5.91 Å². The smallest absolute Gasteiger partial charge is 0.305 e. The number of aldehydes is 1. The van der Waals surface area contributed by atoms with E-state index in [-0.39, 0.29) is 12.3 Å². The molecule has 3 amide bonds. The Bertz CT molecular complexity index is 1430. The van der Waals surface area contributed by atoms with Crippen LogP contribution in [-0.4, -0.2) is 53.2 Å². The van der Waals surface area contributed by atoms with Crippen LogP contribution in [0.2, 0.25) is 0 Å². The minimum absolute atomic E-state index is 0.226. The number of nitrogens with zero attached hydrogens (tertiary/aromatic N) is 1. The zero-order valence-corrected chi connectivity index (χ0v) is 19.8. The maximum atomic E-state index is 13.8. The van der Waals surface area contributed by atoms with Crippen molar-refractivity contribution in [2.75, 3.05) is 4.90 Å². The van der Waals surface area contributed by atoms with Gasteiger partial charge in [-0.1, -0.05) is 54.6 Å². The van der Waals surface area contributed by atoms with Gasteiger partial charge in [0.15, 0.2) is 0 Å². The van der Waals surface area contributed by atoms with E-state index in [9.17, 15) is 24.0 Å². The first kappa shape index (κ1) is 24.2. The summed E-state index contributed by atoms with van der Waals surface area (Å²) in [5, 5.41) is 16.0. The number of aryl methyl sites for hydroxylation is 1. The predicted octanol–water partition coefficient (Wildman–Crippen LogP) is 2.00. The average molecular weight is 500 g/mol. The summed E-state index contributed by atoms with van der Waals surface area (Å²) in [5.74, 6) is -2.64. The fraction of sp³-hybridized carbons (Fsp3) is 0.250. The molecule has 0 aliphatic carbocycles. The van der Waals surface area contributed by atoms with Crippen LogP contribution < -0.4 is 15.5 Å². The quantitative estimate of drug-likeness (QED) is 0.426. The summed E-state index contributed by atoms with van der Waals surface area (Å²) < 4.78 is 0. The van der Waals surface area contributed by atoms with E-state index in [4.69, 9.17) is 5.11 Å². The lowest BCUT2D eigenvalue weighted by Gasteiger charge is -2.28. The Labute approximate surface area is 212 Å². The summed E-state index contributed by atoms with van der Waals surface area (Å²) in [5.41, 5.74) is 2.80. The standard InChI is InChI=1S/C28H25N3O6/c32-15-19(14-24(33)34)29-27(36)23-13-18-8-3-7-17-11-12-22(28(37)31(23)25(17)18)30-26(35)21-10-4-6-16-5-1-2-9-20(16)21/h1-10,15,19,22-23H,11-14H2,(H,29,36)(H,30,35)(H,33,34)/t19-,22-,23-/m0/s1. The Balaban J connectivity index is 1.43. The van der Waals surface area contributed by atoms with Gasteiger partial charge in [-0.2, -0.15) is 0 Å². The number of hydrogen-bond donors (Lipinski definition) is 3. The number of nitrogens with one attached hydrogen (secondary N) is 2. The number of rotatable bonds is 7. The molecular formula is C28H25N3O6. The van der Waals surface area contributed by atoms with Crippen molar-refractivity contribution in [2.45, 2.75) is 43.8 Å². The summed E-state index contributed by atoms with van der Waals surface area (Å²) in [6, 6.07) is 15.5. The van der Waals surface area contributed by atoms with Crippen LogP contribution in [0.3, 0.4) is 0 Å². The number of benzene rings is 3. The number of amides is 3. The van der Waals surface area contributed by atoms with Crippen LogP contribution in [-0.2, 0) is 32.0 Å². The van der Waals surface area contributed by atoms with Crippen molar-refractivity contribution >= 4 is 46.4 Å². The monoisotopic (exact) mass is 499 g/mol. The number of anilines is 1. The molecule has 0 saturated carbocycles. The van der Waals surface area contributed by atoms with Crippen LogP contribution in [0.15, 0.2) is 60.7 Å². The van der Waals surface area contributed by atoms with Gasteiger partial charge in [-0.3, -0.25) is 24.1 Å². The lowest BCUT2D eigenvalue weighted by molar-refractivity contribution is -0.139. The third kappa shape index (κ3) is 4.55. The first-order chi connectivity index (χ1) is 17.9. The second-order valence-electron chi connectivity index (χ2n) is 9.29. The number of fused-ring (bicyclic) bond motifs is 1. The molecule has 0 fully saturated rings. The van der Waals surface area contributed by atoms with Crippen molar-refractivity contribution in [1.82, 2.24) is 10.6 Å². The largest absolute Gasteiger partial charge is 0.481 e. The Kier molecular flexibility index (Phi) is 6.43. The minimum atomic E-state index is -1.23. The summed E-state index contributed by atoms with van der Waals surface area (Å²) in [6.07, 6.45) is 0.918. The zero-order valence-electron chi connectivity index (χ0n) is 19.8. The molecule has 0 saturated heterocycles. The summed E-state index contributed by atoms with van der Waals surface area (Å²) >= 11 is 0. The molecule has 2 heterocycles. The van der Waals surface area contributed by atoms with Gasteiger partial charge in [0.05, 0.1) is 18.2 Å². The predicted molar refractivity (Wildman–Crippen MR) is 135 cm³/mol. The highest BCUT2D eigenvalue weighted by Gasteiger charge is 2.44. The molecule has 0 spiro atoms. The molecule has 0 bridgehead atoms. The molecule has 3 aromatic rings. The molecule has 3 atom stereocenters. The van der Waals surface area contributed by atoms with Crippen molar-refractivity contribution in [1.29, 1.82) is 0 Å². The number of carbonyl (C=O) groups is 5. The van der Waals surface area contributed by atoms with Gasteiger partial charge >= 0.3 is 5.97 Å². The zero-order chi connectivity index (χ0) is 26.1. The highest BCUT2D eigenvalue weighted by atomic mass is 16.4. The highest BCUT2D eigenvalue weighted by Crippen LogP contribution is 2.39. The van der Waals surface area contributed by atoms with Crippen LogP contribution >= 0.6 is 0 Å². The van der Waals surface area contributed by atoms with E-state index in [0.717, 1.165) is 21.9 Å². The Hall–Kier alpha value is -4.53. The summed E-state index contributed by atoms with van der Waals surface area (Å²) in [7, 11) is 0. The van der Waals surface area contributed by atoms with Crippen LogP contribution in [0.4, 0.5) is 5.69 Å². The molecule has 188 valence electrons.